The second kappa shape index (κ2) is 8.85. The molecule has 0 amide bonds. The summed E-state index contributed by atoms with van der Waals surface area (Å²) in [5.74, 6) is -1.68. The number of hydrogen-bond donors (Lipinski definition) is 0. The van der Waals surface area contributed by atoms with E-state index in [9.17, 15) is 31.1 Å². The summed E-state index contributed by atoms with van der Waals surface area (Å²) in [7, 11) is 0. The fourth-order valence-corrected chi connectivity index (χ4v) is 3.18. The van der Waals surface area contributed by atoms with Crippen LogP contribution in [0.5, 0.6) is 5.88 Å². The number of rotatable bonds is 6. The van der Waals surface area contributed by atoms with E-state index in [2.05, 4.69) is 24.5 Å². The maximum absolute atomic E-state index is 14.0. The minimum absolute atomic E-state index is 0.0433. The van der Waals surface area contributed by atoms with Gasteiger partial charge in [0, 0.05) is 12.3 Å². The van der Waals surface area contributed by atoms with Gasteiger partial charge in [-0.15, -0.1) is 18.3 Å². The van der Waals surface area contributed by atoms with Crippen molar-refractivity contribution in [3.8, 4) is 23.3 Å². The predicted octanol–water partition coefficient (Wildman–Crippen LogP) is 5.20. The molecule has 4 rings (SSSR count). The minimum atomic E-state index is -5.70. The van der Waals surface area contributed by atoms with Gasteiger partial charge in [-0.2, -0.15) is 8.78 Å². The van der Waals surface area contributed by atoms with E-state index < -0.39 is 36.2 Å². The molecule has 35 heavy (non-hydrogen) atoms. The second-order valence-electron chi connectivity index (χ2n) is 6.91. The standard InChI is InChI=1S/C20H11ClF6N4O4/c1-9-4-2-5-10-14(9)29-16(33-17(10)32)12-8-13(30-31(12)15-11(21)6-3-7-28-15)34-19(23,24)18(22)35-20(25,26)27/h2-8,18H,1H3. The molecular formula is C20H11ClF6N4O4. The van der Waals surface area contributed by atoms with Crippen LogP contribution in [-0.4, -0.2) is 38.6 Å². The Hall–Kier alpha value is -3.65. The smallest absolute Gasteiger partial charge is 0.409 e. The van der Waals surface area contributed by atoms with Gasteiger partial charge in [0.1, 0.15) is 5.69 Å². The highest BCUT2D eigenvalue weighted by molar-refractivity contribution is 6.32. The maximum atomic E-state index is 14.0. The summed E-state index contributed by atoms with van der Waals surface area (Å²) in [4.78, 5) is 20.7. The van der Waals surface area contributed by atoms with E-state index in [1.807, 2.05) is 0 Å². The Morgan fingerprint density at radius 3 is 2.57 bits per heavy atom. The largest absolute Gasteiger partial charge is 0.525 e. The van der Waals surface area contributed by atoms with Crippen LogP contribution in [0.4, 0.5) is 26.3 Å². The van der Waals surface area contributed by atoms with Crippen molar-refractivity contribution < 1.29 is 40.2 Å². The van der Waals surface area contributed by atoms with Crippen LogP contribution in [-0.2, 0) is 4.74 Å². The van der Waals surface area contributed by atoms with Crippen molar-refractivity contribution in [3.63, 3.8) is 0 Å². The zero-order valence-electron chi connectivity index (χ0n) is 17.2. The number of fused-ring (bicyclic) bond motifs is 1. The van der Waals surface area contributed by atoms with E-state index in [1.54, 1.807) is 19.1 Å². The lowest BCUT2D eigenvalue weighted by Crippen LogP contribution is -2.41. The summed E-state index contributed by atoms with van der Waals surface area (Å²) >= 11 is 6.11. The van der Waals surface area contributed by atoms with Crippen LogP contribution < -0.4 is 10.4 Å². The van der Waals surface area contributed by atoms with Gasteiger partial charge in [0.25, 0.3) is 0 Å². The number of pyridine rings is 1. The molecule has 8 nitrogen and oxygen atoms in total. The third-order valence-electron chi connectivity index (χ3n) is 4.45. The Morgan fingerprint density at radius 1 is 1.14 bits per heavy atom. The first-order valence-corrected chi connectivity index (χ1v) is 9.81. The Labute approximate surface area is 195 Å². The van der Waals surface area contributed by atoms with Crippen LogP contribution in [0.25, 0.3) is 28.3 Å². The molecule has 1 aromatic carbocycles. The number of ether oxygens (including phenoxy) is 2. The van der Waals surface area contributed by atoms with Crippen molar-refractivity contribution >= 4 is 22.5 Å². The van der Waals surface area contributed by atoms with Crippen molar-refractivity contribution in [2.24, 2.45) is 0 Å². The van der Waals surface area contributed by atoms with Crippen LogP contribution in [0.2, 0.25) is 5.02 Å². The normalized spacial score (nSPS) is 13.3. The first-order chi connectivity index (χ1) is 16.4. The molecule has 0 saturated carbocycles. The lowest BCUT2D eigenvalue weighted by Gasteiger charge is -2.20. The summed E-state index contributed by atoms with van der Waals surface area (Å²) in [6, 6.07) is 8.25. The third-order valence-corrected chi connectivity index (χ3v) is 4.74. The Bertz CT molecular complexity index is 1460. The number of nitrogens with zero attached hydrogens (tertiary/aromatic N) is 4. The lowest BCUT2D eigenvalue weighted by atomic mass is 10.1. The summed E-state index contributed by atoms with van der Waals surface area (Å²) < 4.78 is 90.8. The quantitative estimate of drug-likeness (QED) is 0.323. The average Bonchev–Trinajstić information content (AvgIpc) is 3.16. The molecule has 4 aromatic rings. The Kier molecular flexibility index (Phi) is 6.19. The number of halogens is 7. The number of aromatic nitrogens is 4. The van der Waals surface area contributed by atoms with Gasteiger partial charge in [-0.3, -0.25) is 0 Å². The van der Waals surface area contributed by atoms with Gasteiger partial charge in [-0.05, 0) is 30.7 Å². The van der Waals surface area contributed by atoms with E-state index in [0.717, 1.165) is 10.7 Å². The van der Waals surface area contributed by atoms with Gasteiger partial charge >= 0.3 is 24.5 Å². The minimum Gasteiger partial charge on any atom is -0.409 e. The average molecular weight is 521 g/mol. The fraction of sp³-hybridized carbons (Fsp3) is 0.200. The number of benzene rings is 1. The zero-order chi connectivity index (χ0) is 25.5. The summed E-state index contributed by atoms with van der Waals surface area (Å²) in [6.07, 6.45) is -13.8. The van der Waals surface area contributed by atoms with Gasteiger partial charge in [-0.25, -0.2) is 28.6 Å². The number of hydrogen-bond acceptors (Lipinski definition) is 7. The molecule has 3 heterocycles. The molecule has 0 spiro atoms. The number of aryl methyl sites for hydroxylation is 1. The molecular weight excluding hydrogens is 510 g/mol. The van der Waals surface area contributed by atoms with E-state index in [-0.39, 0.29) is 27.4 Å². The first kappa shape index (κ1) is 24.5. The molecule has 1 atom stereocenters. The highest BCUT2D eigenvalue weighted by Crippen LogP contribution is 2.34. The van der Waals surface area contributed by atoms with Crippen molar-refractivity contribution in [1.29, 1.82) is 0 Å². The third kappa shape index (κ3) is 5.07. The van der Waals surface area contributed by atoms with Crippen LogP contribution in [0.3, 0.4) is 0 Å². The zero-order valence-corrected chi connectivity index (χ0v) is 17.9. The molecule has 0 N–H and O–H groups in total. The van der Waals surface area contributed by atoms with Crippen LogP contribution in [0.1, 0.15) is 5.56 Å². The van der Waals surface area contributed by atoms with Gasteiger partial charge in [0.2, 0.25) is 11.8 Å². The molecule has 0 saturated heterocycles. The van der Waals surface area contributed by atoms with Crippen molar-refractivity contribution in [1.82, 2.24) is 19.7 Å². The molecule has 0 radical (unpaired) electrons. The second-order valence-corrected chi connectivity index (χ2v) is 7.32. The Balaban J connectivity index is 1.85. The summed E-state index contributed by atoms with van der Waals surface area (Å²) in [6.45, 7) is 1.66. The molecule has 0 aliphatic carbocycles. The van der Waals surface area contributed by atoms with Gasteiger partial charge in [0.15, 0.2) is 5.82 Å². The fourth-order valence-electron chi connectivity index (χ4n) is 2.98. The summed E-state index contributed by atoms with van der Waals surface area (Å²) in [5, 5.41) is 3.76. The monoisotopic (exact) mass is 520 g/mol. The number of alkyl halides is 6. The maximum Gasteiger partial charge on any atom is 0.525 e. The molecule has 0 fully saturated rings. The molecule has 0 aliphatic heterocycles. The van der Waals surface area contributed by atoms with Crippen molar-refractivity contribution in [2.45, 2.75) is 25.8 Å². The van der Waals surface area contributed by atoms with Gasteiger partial charge in [-0.1, -0.05) is 23.7 Å². The topological polar surface area (TPSA) is 92.3 Å². The number of para-hydroxylation sites is 1. The van der Waals surface area contributed by atoms with Gasteiger partial charge < -0.3 is 9.15 Å². The Morgan fingerprint density at radius 2 is 1.89 bits per heavy atom. The van der Waals surface area contributed by atoms with Gasteiger partial charge in [0.05, 0.1) is 15.9 Å². The molecule has 184 valence electrons. The molecule has 3 aromatic heterocycles. The van der Waals surface area contributed by atoms with Crippen molar-refractivity contribution in [2.75, 3.05) is 0 Å². The van der Waals surface area contributed by atoms with Crippen molar-refractivity contribution in [3.05, 3.63) is 63.6 Å². The first-order valence-electron chi connectivity index (χ1n) is 9.43. The molecule has 0 aliphatic rings. The summed E-state index contributed by atoms with van der Waals surface area (Å²) in [5.41, 5.74) is -0.338. The highest BCUT2D eigenvalue weighted by atomic mass is 35.5. The highest BCUT2D eigenvalue weighted by Gasteiger charge is 2.51. The van der Waals surface area contributed by atoms with E-state index in [0.29, 0.717) is 5.56 Å². The van der Waals surface area contributed by atoms with E-state index >= 15 is 0 Å². The van der Waals surface area contributed by atoms with E-state index in [4.69, 9.17) is 16.0 Å². The van der Waals surface area contributed by atoms with Crippen LogP contribution in [0, 0.1) is 6.92 Å². The molecule has 0 bridgehead atoms. The SMILES string of the molecule is Cc1cccc2c(=O)oc(-c3cc(OC(F)(F)C(F)OC(F)(F)F)nn3-c3ncccc3Cl)nc12. The lowest BCUT2D eigenvalue weighted by molar-refractivity contribution is -0.411. The molecule has 15 heteroatoms. The predicted molar refractivity (Wildman–Crippen MR) is 108 cm³/mol. The van der Waals surface area contributed by atoms with E-state index in [1.165, 1.54) is 24.4 Å². The van der Waals surface area contributed by atoms with Crippen LogP contribution >= 0.6 is 11.6 Å². The molecule has 1 unspecified atom stereocenters. The van der Waals surface area contributed by atoms with Crippen LogP contribution in [0.15, 0.2) is 51.8 Å².